The molecular formula is C28H26Cl2N2O5. The average molecular weight is 541 g/mol. The summed E-state index contributed by atoms with van der Waals surface area (Å²) in [7, 11) is 4.55. The van der Waals surface area contributed by atoms with Gasteiger partial charge in [0.1, 0.15) is 11.4 Å². The van der Waals surface area contributed by atoms with Crippen LogP contribution in [0.15, 0.2) is 84.1 Å². The molecule has 192 valence electrons. The van der Waals surface area contributed by atoms with Gasteiger partial charge in [0.2, 0.25) is 0 Å². The van der Waals surface area contributed by atoms with Gasteiger partial charge in [0.25, 0.3) is 5.91 Å². The predicted octanol–water partition coefficient (Wildman–Crippen LogP) is 5.75. The third-order valence-corrected chi connectivity index (χ3v) is 6.60. The van der Waals surface area contributed by atoms with Crippen molar-refractivity contribution in [3.8, 4) is 5.75 Å². The Morgan fingerprint density at radius 1 is 0.892 bits per heavy atom. The number of carbonyl (C=O) groups is 2. The van der Waals surface area contributed by atoms with Gasteiger partial charge in [0.15, 0.2) is 12.1 Å². The van der Waals surface area contributed by atoms with Crippen LogP contribution in [0.4, 0.5) is 5.69 Å². The average Bonchev–Trinajstić information content (AvgIpc) is 3.19. The molecule has 0 saturated heterocycles. The van der Waals surface area contributed by atoms with Crippen LogP contribution in [0.25, 0.3) is 0 Å². The Morgan fingerprint density at radius 3 is 2.00 bits per heavy atom. The Labute approximate surface area is 225 Å². The number of halogens is 2. The fraction of sp³-hybridized carbons (Fsp3) is 0.214. The topological polar surface area (TPSA) is 77.1 Å². The maximum absolute atomic E-state index is 14.0. The van der Waals surface area contributed by atoms with Gasteiger partial charge in [-0.05, 0) is 66.2 Å². The Kier molecular flexibility index (Phi) is 8.51. The largest absolute Gasteiger partial charge is 0.497 e. The number of rotatable bonds is 10. The molecule has 4 rings (SSSR count). The van der Waals surface area contributed by atoms with E-state index < -0.39 is 12.3 Å². The summed E-state index contributed by atoms with van der Waals surface area (Å²) in [4.78, 5) is 29.5. The third-order valence-electron chi connectivity index (χ3n) is 6.10. The Hall–Kier alpha value is -3.36. The number of hydrogen-bond donors (Lipinski definition) is 1. The van der Waals surface area contributed by atoms with Crippen LogP contribution in [0.2, 0.25) is 10.0 Å². The van der Waals surface area contributed by atoms with Crippen LogP contribution in [0.5, 0.6) is 5.75 Å². The highest BCUT2D eigenvalue weighted by Crippen LogP contribution is 2.41. The van der Waals surface area contributed by atoms with Crippen molar-refractivity contribution in [2.24, 2.45) is 0 Å². The molecule has 0 spiro atoms. The third kappa shape index (κ3) is 5.81. The van der Waals surface area contributed by atoms with E-state index in [-0.39, 0.29) is 23.9 Å². The van der Waals surface area contributed by atoms with Crippen LogP contribution >= 0.6 is 23.2 Å². The van der Waals surface area contributed by atoms with E-state index in [1.165, 1.54) is 14.2 Å². The minimum Gasteiger partial charge on any atom is -0.497 e. The van der Waals surface area contributed by atoms with Crippen molar-refractivity contribution in [1.29, 1.82) is 0 Å². The lowest BCUT2D eigenvalue weighted by Gasteiger charge is -2.29. The van der Waals surface area contributed by atoms with Gasteiger partial charge in [-0.1, -0.05) is 35.3 Å². The molecule has 37 heavy (non-hydrogen) atoms. The van der Waals surface area contributed by atoms with Gasteiger partial charge in [-0.25, -0.2) is 0 Å². The fourth-order valence-corrected chi connectivity index (χ4v) is 4.44. The van der Waals surface area contributed by atoms with Crippen LogP contribution in [0.1, 0.15) is 22.0 Å². The normalized spacial score (nSPS) is 15.5. The van der Waals surface area contributed by atoms with E-state index in [0.717, 1.165) is 0 Å². The van der Waals surface area contributed by atoms with Crippen molar-refractivity contribution < 1.29 is 23.8 Å². The molecule has 1 heterocycles. The van der Waals surface area contributed by atoms with Gasteiger partial charge >= 0.3 is 0 Å². The molecule has 0 aliphatic carbocycles. The van der Waals surface area contributed by atoms with E-state index in [9.17, 15) is 9.59 Å². The van der Waals surface area contributed by atoms with Crippen molar-refractivity contribution in [3.05, 3.63) is 105 Å². The second-order valence-corrected chi connectivity index (χ2v) is 9.16. The molecular weight excluding hydrogens is 515 g/mol. The highest BCUT2D eigenvalue weighted by Gasteiger charge is 2.44. The summed E-state index contributed by atoms with van der Waals surface area (Å²) in [6.45, 7) is 0.0876. The van der Waals surface area contributed by atoms with Gasteiger partial charge in [-0.3, -0.25) is 9.59 Å². The minimum atomic E-state index is -0.720. The molecule has 0 aromatic heterocycles. The second kappa shape index (κ2) is 11.8. The predicted molar refractivity (Wildman–Crippen MR) is 143 cm³/mol. The van der Waals surface area contributed by atoms with Gasteiger partial charge in [-0.2, -0.15) is 0 Å². The first-order chi connectivity index (χ1) is 17.9. The number of nitrogens with zero attached hydrogens (tertiary/aromatic N) is 1. The number of ketones is 1. The molecule has 1 N–H and O–H groups in total. The molecule has 0 radical (unpaired) electrons. The van der Waals surface area contributed by atoms with Crippen molar-refractivity contribution >= 4 is 40.6 Å². The molecule has 7 nitrogen and oxygen atoms in total. The summed E-state index contributed by atoms with van der Waals surface area (Å²) < 4.78 is 16.0. The first kappa shape index (κ1) is 26.7. The molecule has 0 fully saturated rings. The minimum absolute atomic E-state index is 0.0876. The van der Waals surface area contributed by atoms with Crippen molar-refractivity contribution in [1.82, 2.24) is 4.90 Å². The molecule has 1 atom stereocenters. The number of hydrogen-bond acceptors (Lipinski definition) is 6. The van der Waals surface area contributed by atoms with E-state index in [1.807, 2.05) is 0 Å². The van der Waals surface area contributed by atoms with E-state index in [4.69, 9.17) is 37.4 Å². The zero-order valence-electron chi connectivity index (χ0n) is 20.5. The molecule has 9 heteroatoms. The summed E-state index contributed by atoms with van der Waals surface area (Å²) in [5, 5.41) is 4.26. The maximum Gasteiger partial charge on any atom is 0.271 e. The van der Waals surface area contributed by atoms with E-state index in [0.29, 0.717) is 38.2 Å². The number of methoxy groups -OCH3 is 3. The Bertz CT molecular complexity index is 1290. The molecule has 0 saturated carbocycles. The Morgan fingerprint density at radius 2 is 1.46 bits per heavy atom. The monoisotopic (exact) mass is 540 g/mol. The fourth-order valence-electron chi connectivity index (χ4n) is 4.19. The molecule has 1 amide bonds. The van der Waals surface area contributed by atoms with Crippen LogP contribution in [-0.2, 0) is 14.3 Å². The zero-order valence-corrected chi connectivity index (χ0v) is 22.0. The lowest BCUT2D eigenvalue weighted by atomic mass is 9.92. The zero-order chi connectivity index (χ0) is 26.5. The highest BCUT2D eigenvalue weighted by atomic mass is 35.5. The maximum atomic E-state index is 14.0. The van der Waals surface area contributed by atoms with E-state index >= 15 is 0 Å². The summed E-state index contributed by atoms with van der Waals surface area (Å²) in [6, 6.07) is 20.0. The number of carbonyl (C=O) groups excluding carboxylic acids is 2. The van der Waals surface area contributed by atoms with E-state index in [1.54, 1.807) is 84.8 Å². The quantitative estimate of drug-likeness (QED) is 0.260. The van der Waals surface area contributed by atoms with Gasteiger partial charge < -0.3 is 24.4 Å². The summed E-state index contributed by atoms with van der Waals surface area (Å²) >= 11 is 12.2. The van der Waals surface area contributed by atoms with Crippen molar-refractivity contribution in [2.75, 3.05) is 33.2 Å². The SMILES string of the molecule is COc1ccc(C(=O)C2=C(Nc3ccc(Cl)cc3)C(=O)N(CC(OC)OC)[C@H]2c2ccc(Cl)cc2)cc1. The smallest absolute Gasteiger partial charge is 0.271 e. The van der Waals surface area contributed by atoms with Gasteiger partial charge in [0.05, 0.1) is 25.3 Å². The lowest BCUT2D eigenvalue weighted by Crippen LogP contribution is -2.39. The van der Waals surface area contributed by atoms with Crippen molar-refractivity contribution in [3.63, 3.8) is 0 Å². The number of amides is 1. The van der Waals surface area contributed by atoms with Crippen LogP contribution in [0, 0.1) is 0 Å². The number of anilines is 1. The first-order valence-corrected chi connectivity index (χ1v) is 12.2. The molecule has 3 aromatic carbocycles. The lowest BCUT2D eigenvalue weighted by molar-refractivity contribution is -0.142. The van der Waals surface area contributed by atoms with Crippen LogP contribution in [-0.4, -0.2) is 50.8 Å². The van der Waals surface area contributed by atoms with Crippen LogP contribution < -0.4 is 10.1 Å². The standard InChI is InChI=1S/C28H26Cl2N2O5/c1-35-22-14-6-18(7-15-22)27(33)24-25(31-21-12-10-20(30)11-13-21)28(34)32(16-23(36-2)37-3)26(24)17-4-8-19(29)9-5-17/h4-15,23,26,31H,16H2,1-3H3/t26-/m0/s1. The highest BCUT2D eigenvalue weighted by molar-refractivity contribution is 6.31. The first-order valence-electron chi connectivity index (χ1n) is 11.4. The Balaban J connectivity index is 1.87. The van der Waals surface area contributed by atoms with Gasteiger partial charge in [-0.15, -0.1) is 0 Å². The molecule has 0 bridgehead atoms. The number of nitrogens with one attached hydrogen (secondary N) is 1. The summed E-state index contributed by atoms with van der Waals surface area (Å²) in [5.41, 5.74) is 2.19. The molecule has 0 unspecified atom stereocenters. The number of ether oxygens (including phenoxy) is 3. The molecule has 3 aromatic rings. The number of Topliss-reactive ketones (excluding diaryl/α,β-unsaturated/α-hetero) is 1. The summed E-state index contributed by atoms with van der Waals surface area (Å²) in [6.07, 6.45) is -0.703. The van der Waals surface area contributed by atoms with Crippen LogP contribution in [0.3, 0.4) is 0 Å². The van der Waals surface area contributed by atoms with Gasteiger partial charge in [0, 0.05) is 35.5 Å². The second-order valence-electron chi connectivity index (χ2n) is 8.29. The number of benzene rings is 3. The van der Waals surface area contributed by atoms with Crippen molar-refractivity contribution in [2.45, 2.75) is 12.3 Å². The summed E-state index contributed by atoms with van der Waals surface area (Å²) in [5.74, 6) is -0.0568. The molecule has 1 aliphatic rings. The van der Waals surface area contributed by atoms with E-state index in [2.05, 4.69) is 5.32 Å². The molecule has 1 aliphatic heterocycles.